The summed E-state index contributed by atoms with van der Waals surface area (Å²) < 4.78 is 32.1. The first-order valence-electron chi connectivity index (χ1n) is 9.11. The van der Waals surface area contributed by atoms with Crippen LogP contribution in [0.25, 0.3) is 11.0 Å². The van der Waals surface area contributed by atoms with Gasteiger partial charge in [-0.3, -0.25) is 9.59 Å². The quantitative estimate of drug-likeness (QED) is 0.665. The zero-order valence-electron chi connectivity index (χ0n) is 15.4. The van der Waals surface area contributed by atoms with Crippen LogP contribution < -0.4 is 11.1 Å². The summed E-state index contributed by atoms with van der Waals surface area (Å²) >= 11 is 0. The van der Waals surface area contributed by atoms with E-state index in [1.807, 2.05) is 0 Å². The zero-order chi connectivity index (χ0) is 20.6. The van der Waals surface area contributed by atoms with Crippen molar-refractivity contribution in [2.75, 3.05) is 18.4 Å². The molecule has 1 fully saturated rings. The van der Waals surface area contributed by atoms with Crippen LogP contribution in [0.4, 0.5) is 5.69 Å². The van der Waals surface area contributed by atoms with Gasteiger partial charge in [0.1, 0.15) is 11.3 Å². The second kappa shape index (κ2) is 7.34. The first kappa shape index (κ1) is 19.2. The van der Waals surface area contributed by atoms with E-state index in [1.54, 1.807) is 24.3 Å². The second-order valence-electron chi connectivity index (χ2n) is 6.76. The Bertz CT molecular complexity index is 1190. The molecule has 0 unspecified atom stereocenters. The van der Waals surface area contributed by atoms with Gasteiger partial charge in [-0.1, -0.05) is 12.1 Å². The average Bonchev–Trinajstić information content (AvgIpc) is 3.37. The van der Waals surface area contributed by atoms with Crippen molar-refractivity contribution in [1.29, 1.82) is 0 Å². The van der Waals surface area contributed by atoms with Gasteiger partial charge < -0.3 is 15.5 Å². The minimum atomic E-state index is -3.55. The Morgan fingerprint density at radius 2 is 1.66 bits per heavy atom. The number of primary amides is 1. The average molecular weight is 413 g/mol. The van der Waals surface area contributed by atoms with E-state index >= 15 is 0 Å². The third-order valence-corrected chi connectivity index (χ3v) is 6.79. The van der Waals surface area contributed by atoms with Gasteiger partial charge in [-0.2, -0.15) is 4.31 Å². The summed E-state index contributed by atoms with van der Waals surface area (Å²) in [4.78, 5) is 24.5. The van der Waals surface area contributed by atoms with Crippen molar-refractivity contribution in [3.8, 4) is 0 Å². The normalized spacial score (nSPS) is 14.9. The summed E-state index contributed by atoms with van der Waals surface area (Å²) in [5, 5.41) is 3.20. The van der Waals surface area contributed by atoms with E-state index in [0.717, 1.165) is 12.8 Å². The topological polar surface area (TPSA) is 123 Å². The summed E-state index contributed by atoms with van der Waals surface area (Å²) in [5.74, 6) is -1.46. The summed E-state index contributed by atoms with van der Waals surface area (Å²) in [6, 6.07) is 12.5. The number of benzene rings is 2. The fourth-order valence-corrected chi connectivity index (χ4v) is 4.90. The monoisotopic (exact) mass is 413 g/mol. The number of rotatable bonds is 5. The lowest BCUT2D eigenvalue weighted by molar-refractivity contribution is 0.0977. The van der Waals surface area contributed by atoms with Crippen molar-refractivity contribution in [2.45, 2.75) is 17.7 Å². The van der Waals surface area contributed by atoms with Crippen molar-refractivity contribution in [1.82, 2.24) is 4.31 Å². The molecular weight excluding hydrogens is 394 g/mol. The number of hydrogen-bond donors (Lipinski definition) is 2. The van der Waals surface area contributed by atoms with Crippen LogP contribution in [0.1, 0.15) is 33.8 Å². The molecule has 2 heterocycles. The number of nitrogens with one attached hydrogen (secondary N) is 1. The van der Waals surface area contributed by atoms with E-state index in [9.17, 15) is 18.0 Å². The number of furan rings is 1. The number of anilines is 1. The van der Waals surface area contributed by atoms with Crippen molar-refractivity contribution in [3.63, 3.8) is 0 Å². The van der Waals surface area contributed by atoms with Gasteiger partial charge in [0.2, 0.25) is 15.8 Å². The van der Waals surface area contributed by atoms with Crippen LogP contribution in [-0.4, -0.2) is 37.6 Å². The van der Waals surface area contributed by atoms with Gasteiger partial charge in [0.25, 0.3) is 11.8 Å². The lowest BCUT2D eigenvalue weighted by Crippen LogP contribution is -2.27. The molecule has 8 nitrogen and oxygen atoms in total. The molecule has 2 aromatic carbocycles. The molecule has 150 valence electrons. The molecule has 0 spiro atoms. The third kappa shape index (κ3) is 3.50. The number of hydrogen-bond acceptors (Lipinski definition) is 5. The van der Waals surface area contributed by atoms with E-state index in [0.29, 0.717) is 24.1 Å². The molecule has 1 saturated heterocycles. The summed E-state index contributed by atoms with van der Waals surface area (Å²) in [7, 11) is -3.55. The molecule has 0 aliphatic carbocycles. The van der Waals surface area contributed by atoms with Crippen LogP contribution in [-0.2, 0) is 10.0 Å². The number of amides is 2. The van der Waals surface area contributed by atoms with Gasteiger partial charge in [0.05, 0.1) is 4.90 Å². The SMILES string of the molecule is NC(=O)c1oc2ccccc2c1NC(=O)c1ccc(S(=O)(=O)N2CCCC2)cc1. The molecule has 0 radical (unpaired) electrons. The maximum Gasteiger partial charge on any atom is 0.286 e. The highest BCUT2D eigenvalue weighted by Gasteiger charge is 2.27. The van der Waals surface area contributed by atoms with Gasteiger partial charge in [0.15, 0.2) is 0 Å². The van der Waals surface area contributed by atoms with Gasteiger partial charge in [0, 0.05) is 24.0 Å². The molecule has 0 bridgehead atoms. The smallest absolute Gasteiger partial charge is 0.286 e. The Kier molecular flexibility index (Phi) is 4.85. The predicted octanol–water partition coefficient (Wildman–Crippen LogP) is 2.57. The third-order valence-electron chi connectivity index (χ3n) is 4.88. The van der Waals surface area contributed by atoms with E-state index in [-0.39, 0.29) is 21.9 Å². The Labute approximate surface area is 167 Å². The van der Waals surface area contributed by atoms with Crippen LogP contribution in [0.15, 0.2) is 57.8 Å². The highest BCUT2D eigenvalue weighted by atomic mass is 32.2. The number of sulfonamides is 1. The molecule has 29 heavy (non-hydrogen) atoms. The Balaban J connectivity index is 1.61. The van der Waals surface area contributed by atoms with Crippen LogP contribution in [0.5, 0.6) is 0 Å². The van der Waals surface area contributed by atoms with Crippen molar-refractivity contribution in [3.05, 3.63) is 59.9 Å². The second-order valence-corrected chi connectivity index (χ2v) is 8.69. The first-order chi connectivity index (χ1) is 13.9. The largest absolute Gasteiger partial charge is 0.449 e. The van der Waals surface area contributed by atoms with Crippen LogP contribution in [0, 0.1) is 0 Å². The summed E-state index contributed by atoms with van der Waals surface area (Å²) in [6.45, 7) is 1.02. The van der Waals surface area contributed by atoms with Gasteiger partial charge in [-0.25, -0.2) is 8.42 Å². The number of fused-ring (bicyclic) bond motifs is 1. The Morgan fingerprint density at radius 1 is 1.00 bits per heavy atom. The van der Waals surface area contributed by atoms with Crippen molar-refractivity contribution < 1.29 is 22.4 Å². The predicted molar refractivity (Wildman–Crippen MR) is 107 cm³/mol. The fraction of sp³-hybridized carbons (Fsp3) is 0.200. The summed E-state index contributed by atoms with van der Waals surface area (Å²) in [6.07, 6.45) is 1.70. The molecule has 0 atom stereocenters. The maximum absolute atomic E-state index is 12.7. The molecule has 1 aromatic heterocycles. The molecule has 3 aromatic rings. The highest BCUT2D eigenvalue weighted by molar-refractivity contribution is 7.89. The minimum absolute atomic E-state index is 0.141. The number of nitrogens with zero attached hydrogens (tertiary/aromatic N) is 1. The first-order valence-corrected chi connectivity index (χ1v) is 10.5. The number of nitrogens with two attached hydrogens (primary N) is 1. The Hall–Kier alpha value is -3.17. The Morgan fingerprint density at radius 3 is 2.31 bits per heavy atom. The molecular formula is C20H19N3O5S. The fourth-order valence-electron chi connectivity index (χ4n) is 3.38. The van der Waals surface area contributed by atoms with Gasteiger partial charge in [-0.15, -0.1) is 0 Å². The highest BCUT2D eigenvalue weighted by Crippen LogP contribution is 2.31. The lowest BCUT2D eigenvalue weighted by atomic mass is 10.2. The van der Waals surface area contributed by atoms with Crippen molar-refractivity contribution in [2.24, 2.45) is 5.73 Å². The summed E-state index contributed by atoms with van der Waals surface area (Å²) in [5.41, 5.74) is 6.21. The maximum atomic E-state index is 12.7. The lowest BCUT2D eigenvalue weighted by Gasteiger charge is -2.15. The molecule has 3 N–H and O–H groups in total. The minimum Gasteiger partial charge on any atom is -0.449 e. The molecule has 1 aliphatic heterocycles. The van der Waals surface area contributed by atoms with Gasteiger partial charge in [-0.05, 0) is 49.2 Å². The molecule has 0 saturated carbocycles. The van der Waals surface area contributed by atoms with Crippen molar-refractivity contribution >= 4 is 38.5 Å². The molecule has 4 rings (SSSR count). The standard InChI is InChI=1S/C20H19N3O5S/c21-19(24)18-17(15-5-1-2-6-16(15)28-18)22-20(25)13-7-9-14(10-8-13)29(26,27)23-11-3-4-12-23/h1-2,5-10H,3-4,11-12H2,(H2,21,24)(H,22,25). The molecule has 1 aliphatic rings. The molecule has 9 heteroatoms. The van der Waals surface area contributed by atoms with E-state index in [2.05, 4.69) is 5.32 Å². The van der Waals surface area contributed by atoms with Crippen LogP contribution in [0.3, 0.4) is 0 Å². The zero-order valence-corrected chi connectivity index (χ0v) is 16.2. The van der Waals surface area contributed by atoms with E-state index < -0.39 is 21.8 Å². The number of para-hydroxylation sites is 1. The van der Waals surface area contributed by atoms with Crippen LogP contribution in [0.2, 0.25) is 0 Å². The van der Waals surface area contributed by atoms with E-state index in [1.165, 1.54) is 28.6 Å². The molecule has 2 amide bonds. The van der Waals surface area contributed by atoms with E-state index in [4.69, 9.17) is 10.2 Å². The number of carbonyl (C=O) groups excluding carboxylic acids is 2. The van der Waals surface area contributed by atoms with Crippen LogP contribution >= 0.6 is 0 Å². The number of carbonyl (C=O) groups is 2. The van der Waals surface area contributed by atoms with Gasteiger partial charge >= 0.3 is 0 Å².